The van der Waals surface area contributed by atoms with Crippen LogP contribution in [0.4, 0.5) is 11.8 Å². The van der Waals surface area contributed by atoms with Crippen molar-refractivity contribution in [3.05, 3.63) is 29.5 Å². The Morgan fingerprint density at radius 2 is 1.35 bits per heavy atom. The second-order valence-corrected chi connectivity index (χ2v) is 11.5. The first-order valence-corrected chi connectivity index (χ1v) is 17.5. The van der Waals surface area contributed by atoms with Gasteiger partial charge in [0.25, 0.3) is 0 Å². The first kappa shape index (κ1) is 43.1. The van der Waals surface area contributed by atoms with Crippen LogP contribution in [-0.4, -0.2) is 120 Å². The largest absolute Gasteiger partial charge is 0.493 e. The van der Waals surface area contributed by atoms with Crippen molar-refractivity contribution in [3.63, 3.8) is 0 Å². The topological polar surface area (TPSA) is 247 Å². The van der Waals surface area contributed by atoms with E-state index in [4.69, 9.17) is 45.6 Å². The van der Waals surface area contributed by atoms with Crippen molar-refractivity contribution in [2.75, 3.05) is 97.3 Å². The third-order valence-corrected chi connectivity index (χ3v) is 7.56. The summed E-state index contributed by atoms with van der Waals surface area (Å²) in [6.45, 7) is 3.90. The minimum absolute atomic E-state index is 0.107. The minimum Gasteiger partial charge on any atom is -0.493 e. The normalized spacial score (nSPS) is 11.5. The predicted octanol–water partition coefficient (Wildman–Crippen LogP) is 0.234. The molecule has 51 heavy (non-hydrogen) atoms. The van der Waals surface area contributed by atoms with Crippen LogP contribution < -0.4 is 47.4 Å². The highest BCUT2D eigenvalue weighted by atomic mass is 32.1. The molecule has 0 aliphatic rings. The van der Waals surface area contributed by atoms with Gasteiger partial charge in [0, 0.05) is 56.4 Å². The van der Waals surface area contributed by atoms with Crippen molar-refractivity contribution in [3.8, 4) is 17.2 Å². The molecule has 9 N–H and O–H groups in total. The lowest BCUT2D eigenvalue weighted by atomic mass is 10.1. The molecule has 1 aromatic heterocycles. The van der Waals surface area contributed by atoms with Gasteiger partial charge >= 0.3 is 0 Å². The number of methoxy groups -OCH3 is 2. The number of carbonyl (C=O) groups is 3. The smallest absolute Gasteiger partial charge is 0.237 e. The van der Waals surface area contributed by atoms with Crippen molar-refractivity contribution < 1.29 is 42.8 Å². The first-order chi connectivity index (χ1) is 24.7. The standard InChI is InChI=1S/C33H54N8O9S/c1-45-26-19-23(18-24-21-40-33(36)41-31(24)35)20-27(46-2)30(26)50-11-4-3-8-37-28(42)6-5-7-29(43)38-9-12-47-14-16-49-17-15-48-13-10-39-32(44)25(34)22-51/h19-21,25,51H,3-18,22,34H2,1-2H3,(H,37,42)(H,38,43)(H,39,44)(H4,35,36,40,41)/t25-/m0/s1. The van der Waals surface area contributed by atoms with Gasteiger partial charge in [-0.1, -0.05) is 0 Å². The van der Waals surface area contributed by atoms with Gasteiger partial charge in [-0.15, -0.1) is 0 Å². The molecule has 0 radical (unpaired) electrons. The molecule has 0 saturated carbocycles. The van der Waals surface area contributed by atoms with E-state index in [1.54, 1.807) is 20.4 Å². The second-order valence-electron chi connectivity index (χ2n) is 11.2. The molecule has 3 amide bonds. The Bertz CT molecular complexity index is 1320. The maximum Gasteiger partial charge on any atom is 0.237 e. The van der Waals surface area contributed by atoms with Crippen LogP contribution in [0, 0.1) is 0 Å². The molecule has 0 aliphatic heterocycles. The van der Waals surface area contributed by atoms with Crippen LogP contribution in [0.3, 0.4) is 0 Å². The van der Waals surface area contributed by atoms with Crippen molar-refractivity contribution in [2.24, 2.45) is 5.73 Å². The SMILES string of the molecule is COc1cc(Cc2cnc(N)nc2N)cc(OC)c1OCCCCNC(=O)CCCC(=O)NCCOCCOCCOCCNC(=O)[C@@H](N)CS. The van der Waals surface area contributed by atoms with E-state index in [2.05, 4.69) is 38.5 Å². The number of nitrogens with one attached hydrogen (secondary N) is 3. The molecule has 0 fully saturated rings. The highest BCUT2D eigenvalue weighted by Crippen LogP contribution is 2.39. The summed E-state index contributed by atoms with van der Waals surface area (Å²) in [6.07, 6.45) is 4.39. The highest BCUT2D eigenvalue weighted by Gasteiger charge is 2.16. The number of nitrogen functional groups attached to an aromatic ring is 2. The molecule has 1 atom stereocenters. The van der Waals surface area contributed by atoms with Crippen molar-refractivity contribution in [2.45, 2.75) is 44.6 Å². The van der Waals surface area contributed by atoms with E-state index in [0.29, 0.717) is 115 Å². The average Bonchev–Trinajstić information content (AvgIpc) is 3.12. The van der Waals surface area contributed by atoms with Gasteiger partial charge in [-0.3, -0.25) is 14.4 Å². The number of hydrogen-bond donors (Lipinski definition) is 7. The second kappa shape index (κ2) is 25.8. The zero-order valence-electron chi connectivity index (χ0n) is 29.6. The average molecular weight is 739 g/mol. The molecule has 2 rings (SSSR count). The van der Waals surface area contributed by atoms with Crippen molar-refractivity contribution in [1.82, 2.24) is 25.9 Å². The number of rotatable bonds is 28. The van der Waals surface area contributed by atoms with Crippen molar-refractivity contribution in [1.29, 1.82) is 0 Å². The summed E-state index contributed by atoms with van der Waals surface area (Å²) in [5.74, 6) is 1.72. The zero-order chi connectivity index (χ0) is 37.3. The molecule has 18 heteroatoms. The van der Waals surface area contributed by atoms with E-state index in [9.17, 15) is 14.4 Å². The Morgan fingerprint density at radius 1 is 0.784 bits per heavy atom. The quantitative estimate of drug-likeness (QED) is 0.0457. The van der Waals surface area contributed by atoms with E-state index in [0.717, 1.165) is 11.1 Å². The number of aromatic nitrogens is 2. The Kier molecular flexibility index (Phi) is 21.8. The van der Waals surface area contributed by atoms with Gasteiger partial charge in [0.2, 0.25) is 29.4 Å². The van der Waals surface area contributed by atoms with Gasteiger partial charge in [0.1, 0.15) is 5.82 Å². The van der Waals surface area contributed by atoms with E-state index < -0.39 is 6.04 Å². The summed E-state index contributed by atoms with van der Waals surface area (Å²) in [4.78, 5) is 43.7. The molecule has 286 valence electrons. The Labute approximate surface area is 304 Å². The van der Waals surface area contributed by atoms with Crippen LogP contribution >= 0.6 is 12.6 Å². The van der Waals surface area contributed by atoms with E-state index in [-0.39, 0.29) is 42.3 Å². The zero-order valence-corrected chi connectivity index (χ0v) is 30.5. The molecule has 17 nitrogen and oxygen atoms in total. The summed E-state index contributed by atoms with van der Waals surface area (Å²) in [6, 6.07) is 3.06. The molecule has 0 saturated heterocycles. The van der Waals surface area contributed by atoms with Crippen LogP contribution in [-0.2, 0) is 35.0 Å². The number of hydrogen-bond acceptors (Lipinski definition) is 15. The van der Waals surface area contributed by atoms with Gasteiger partial charge in [0.15, 0.2) is 11.5 Å². The fourth-order valence-electron chi connectivity index (χ4n) is 4.45. The van der Waals surface area contributed by atoms with Crippen molar-refractivity contribution >= 4 is 42.1 Å². The maximum atomic E-state index is 12.2. The van der Waals surface area contributed by atoms with Gasteiger partial charge in [-0.2, -0.15) is 17.6 Å². The summed E-state index contributed by atoms with van der Waals surface area (Å²) in [7, 11) is 3.11. The first-order valence-electron chi connectivity index (χ1n) is 16.8. The molecule has 0 unspecified atom stereocenters. The number of amides is 3. The number of anilines is 2. The van der Waals surface area contributed by atoms with Crippen LogP contribution in [0.2, 0.25) is 0 Å². The molecule has 1 heterocycles. The van der Waals surface area contributed by atoms with E-state index in [1.807, 2.05) is 12.1 Å². The van der Waals surface area contributed by atoms with E-state index in [1.165, 1.54) is 0 Å². The summed E-state index contributed by atoms with van der Waals surface area (Å²) < 4.78 is 33.3. The molecule has 1 aromatic carbocycles. The van der Waals surface area contributed by atoms with Crippen LogP contribution in [0.1, 0.15) is 43.2 Å². The Morgan fingerprint density at radius 3 is 1.92 bits per heavy atom. The molecule has 0 bridgehead atoms. The fraction of sp³-hybridized carbons (Fsp3) is 0.606. The maximum absolute atomic E-state index is 12.2. The number of nitrogens with two attached hydrogens (primary N) is 3. The molecule has 2 aromatic rings. The number of thiol groups is 1. The molecule has 0 aliphatic carbocycles. The molecular weight excluding hydrogens is 684 g/mol. The third kappa shape index (κ3) is 18.1. The predicted molar refractivity (Wildman–Crippen MR) is 195 cm³/mol. The Hall–Kier alpha value is -4.10. The monoisotopic (exact) mass is 738 g/mol. The highest BCUT2D eigenvalue weighted by molar-refractivity contribution is 7.80. The van der Waals surface area contributed by atoms with Gasteiger partial charge in [-0.05, 0) is 37.0 Å². The van der Waals surface area contributed by atoms with E-state index >= 15 is 0 Å². The minimum atomic E-state index is -0.625. The van der Waals surface area contributed by atoms with Crippen LogP contribution in [0.5, 0.6) is 17.2 Å². The van der Waals surface area contributed by atoms with Gasteiger partial charge in [-0.25, -0.2) is 4.98 Å². The summed E-state index contributed by atoms with van der Waals surface area (Å²) >= 11 is 3.97. The summed E-state index contributed by atoms with van der Waals surface area (Å²) in [5, 5.41) is 8.31. The molecule has 0 spiro atoms. The van der Waals surface area contributed by atoms with Gasteiger partial charge in [0.05, 0.1) is 66.5 Å². The fourth-order valence-corrected chi connectivity index (χ4v) is 4.62. The Balaban J connectivity index is 1.47. The molecular formula is C33H54N8O9S. The lowest BCUT2D eigenvalue weighted by molar-refractivity contribution is -0.123. The lowest BCUT2D eigenvalue weighted by Crippen LogP contribution is -2.43. The van der Waals surface area contributed by atoms with Crippen LogP contribution in [0.15, 0.2) is 18.3 Å². The third-order valence-electron chi connectivity index (χ3n) is 7.17. The number of benzene rings is 1. The summed E-state index contributed by atoms with van der Waals surface area (Å²) in [5.41, 5.74) is 18.7. The number of carbonyl (C=O) groups excluding carboxylic acids is 3. The van der Waals surface area contributed by atoms with Gasteiger partial charge < -0.3 is 61.6 Å². The number of nitrogens with zero attached hydrogens (tertiary/aromatic N) is 2. The lowest BCUT2D eigenvalue weighted by Gasteiger charge is -2.16. The number of unbranched alkanes of at least 4 members (excludes halogenated alkanes) is 1. The number of ether oxygens (including phenoxy) is 6. The van der Waals surface area contributed by atoms with Crippen LogP contribution in [0.25, 0.3) is 0 Å².